The molecule has 2 N–H and O–H groups in total. The molecule has 0 aliphatic rings. The van der Waals surface area contributed by atoms with E-state index in [1.165, 1.54) is 23.0 Å². The molecule has 3 aromatic rings. The molecule has 26 heavy (non-hydrogen) atoms. The highest BCUT2D eigenvalue weighted by atomic mass is 32.2. The van der Waals surface area contributed by atoms with Crippen molar-refractivity contribution >= 4 is 49.0 Å². The number of hydrogen-bond donors (Lipinski definition) is 2. The smallest absolute Gasteiger partial charge is 0.506 e. The van der Waals surface area contributed by atoms with Gasteiger partial charge in [0.15, 0.2) is 4.34 Å². The Kier molecular flexibility index (Phi) is 4.80. The highest BCUT2D eigenvalue weighted by molar-refractivity contribution is 8.01. The number of nitrogens with one attached hydrogen (secondary N) is 1. The molecule has 1 aromatic heterocycles. The van der Waals surface area contributed by atoms with Crippen LogP contribution in [0, 0.1) is 6.92 Å². The fourth-order valence-corrected chi connectivity index (χ4v) is 4.81. The topological polar surface area (TPSA) is 79.3 Å². The van der Waals surface area contributed by atoms with Crippen molar-refractivity contribution in [1.82, 2.24) is 4.98 Å². The van der Waals surface area contributed by atoms with Gasteiger partial charge in [-0.25, -0.2) is 4.98 Å². The number of fused-ring (bicyclic) bond motifs is 1. The average molecular weight is 420 g/mol. The number of aromatic nitrogens is 1. The van der Waals surface area contributed by atoms with Gasteiger partial charge in [-0.3, -0.25) is 4.72 Å². The molecule has 0 aliphatic carbocycles. The van der Waals surface area contributed by atoms with Gasteiger partial charge in [-0.05, 0) is 36.8 Å². The molecule has 0 amide bonds. The molecule has 0 fully saturated rings. The quantitative estimate of drug-likeness (QED) is 0.597. The zero-order valence-corrected chi connectivity index (χ0v) is 15.5. The first-order chi connectivity index (χ1) is 12.1. The fourth-order valence-electron chi connectivity index (χ4n) is 2.09. The normalized spacial score (nSPS) is 12.5. The van der Waals surface area contributed by atoms with Gasteiger partial charge in [0, 0.05) is 0 Å². The molecule has 3 rings (SSSR count). The Hall–Kier alpha value is -1.98. The molecule has 0 atom stereocenters. The Morgan fingerprint density at radius 3 is 2.58 bits per heavy atom. The minimum Gasteiger partial charge on any atom is -0.506 e. The maximum Gasteiger partial charge on any atom is 0.516 e. The summed E-state index contributed by atoms with van der Waals surface area (Å²) in [6, 6.07) is 9.63. The number of rotatable bonds is 4. The lowest BCUT2D eigenvalue weighted by Gasteiger charge is -2.13. The van der Waals surface area contributed by atoms with Crippen LogP contribution in [0.15, 0.2) is 45.6 Å². The number of aryl methyl sites for hydroxylation is 1. The number of nitrogens with zero attached hydrogens (tertiary/aromatic N) is 1. The minimum atomic E-state index is -5.54. The molecule has 11 heteroatoms. The largest absolute Gasteiger partial charge is 0.516 e. The highest BCUT2D eigenvalue weighted by Crippen LogP contribution is 2.41. The molecule has 5 nitrogen and oxygen atoms in total. The second-order valence-electron chi connectivity index (χ2n) is 5.24. The lowest BCUT2D eigenvalue weighted by atomic mass is 10.2. The summed E-state index contributed by atoms with van der Waals surface area (Å²) < 4.78 is 63.2. The molecule has 1 heterocycles. The van der Waals surface area contributed by atoms with Gasteiger partial charge < -0.3 is 5.11 Å². The van der Waals surface area contributed by atoms with Crippen molar-refractivity contribution in [1.29, 1.82) is 0 Å². The van der Waals surface area contributed by atoms with E-state index in [-0.39, 0.29) is 21.9 Å². The van der Waals surface area contributed by atoms with E-state index in [1.54, 1.807) is 0 Å². The maximum absolute atomic E-state index is 12.6. The van der Waals surface area contributed by atoms with Gasteiger partial charge in [0.05, 0.1) is 20.8 Å². The monoisotopic (exact) mass is 420 g/mol. The number of halogens is 3. The van der Waals surface area contributed by atoms with Crippen LogP contribution in [0.5, 0.6) is 5.75 Å². The number of para-hydroxylation sites is 1. The third-order valence-corrected chi connectivity index (χ3v) is 6.54. The third kappa shape index (κ3) is 3.74. The number of aromatic hydroxyl groups is 1. The summed E-state index contributed by atoms with van der Waals surface area (Å²) in [6.45, 7) is 1.46. The van der Waals surface area contributed by atoms with Crippen LogP contribution in [-0.4, -0.2) is 24.0 Å². The first kappa shape index (κ1) is 18.8. The van der Waals surface area contributed by atoms with Gasteiger partial charge in [0.1, 0.15) is 5.75 Å². The maximum atomic E-state index is 12.6. The van der Waals surface area contributed by atoms with Gasteiger partial charge in [-0.2, -0.15) is 21.6 Å². The predicted octanol–water partition coefficient (Wildman–Crippen LogP) is 4.72. The van der Waals surface area contributed by atoms with Crippen molar-refractivity contribution in [2.75, 3.05) is 4.72 Å². The summed E-state index contributed by atoms with van der Waals surface area (Å²) in [5, 5.41) is 10.2. The van der Waals surface area contributed by atoms with Crippen LogP contribution in [0.4, 0.5) is 18.9 Å². The summed E-state index contributed by atoms with van der Waals surface area (Å²) in [4.78, 5) is 4.57. The molecule has 0 spiro atoms. The molecular formula is C15H11F3N2O3S3. The van der Waals surface area contributed by atoms with Crippen molar-refractivity contribution in [2.24, 2.45) is 0 Å². The number of phenols is 1. The van der Waals surface area contributed by atoms with Crippen molar-refractivity contribution < 1.29 is 26.7 Å². The fraction of sp³-hybridized carbons (Fsp3) is 0.133. The number of anilines is 1. The first-order valence-corrected chi connectivity index (χ1v) is 10.1. The van der Waals surface area contributed by atoms with E-state index < -0.39 is 15.5 Å². The van der Waals surface area contributed by atoms with E-state index in [1.807, 2.05) is 24.3 Å². The summed E-state index contributed by atoms with van der Waals surface area (Å²) in [6.07, 6.45) is 0. The number of phenolic OH excluding ortho intramolecular Hbond substituents is 1. The van der Waals surface area contributed by atoms with Crippen LogP contribution in [0.2, 0.25) is 0 Å². The Balaban J connectivity index is 1.95. The van der Waals surface area contributed by atoms with Crippen LogP contribution < -0.4 is 4.72 Å². The molecule has 0 bridgehead atoms. The molecule has 138 valence electrons. The van der Waals surface area contributed by atoms with E-state index in [2.05, 4.69) is 4.98 Å². The molecule has 0 aliphatic heterocycles. The summed E-state index contributed by atoms with van der Waals surface area (Å²) >= 11 is 2.40. The Labute approximate surface area is 154 Å². The lowest BCUT2D eigenvalue weighted by Crippen LogP contribution is -2.29. The number of hydrogen-bond acceptors (Lipinski definition) is 6. The van der Waals surface area contributed by atoms with E-state index >= 15 is 0 Å². The Morgan fingerprint density at radius 2 is 1.92 bits per heavy atom. The summed E-state index contributed by atoms with van der Waals surface area (Å²) in [5.41, 5.74) is -4.73. The number of alkyl halides is 3. The molecule has 0 saturated carbocycles. The average Bonchev–Trinajstić information content (AvgIpc) is 2.93. The molecule has 2 aromatic carbocycles. The summed E-state index contributed by atoms with van der Waals surface area (Å²) in [7, 11) is -5.54. The predicted molar refractivity (Wildman–Crippen MR) is 95.2 cm³/mol. The Morgan fingerprint density at radius 1 is 1.23 bits per heavy atom. The van der Waals surface area contributed by atoms with Gasteiger partial charge in [0.25, 0.3) is 0 Å². The number of benzene rings is 2. The molecule has 0 unspecified atom stereocenters. The van der Waals surface area contributed by atoms with E-state index in [9.17, 15) is 26.7 Å². The van der Waals surface area contributed by atoms with Gasteiger partial charge >= 0.3 is 15.5 Å². The second kappa shape index (κ2) is 6.63. The third-order valence-electron chi connectivity index (χ3n) is 3.29. The van der Waals surface area contributed by atoms with Crippen LogP contribution in [0.3, 0.4) is 0 Å². The second-order valence-corrected chi connectivity index (χ2v) is 9.23. The van der Waals surface area contributed by atoms with Crippen molar-refractivity contribution in [3.8, 4) is 5.75 Å². The standard InChI is InChI=1S/C15H11F3N2O3S3/c1-8-6-9(20-26(22,23)15(16,17)18)7-12(13(8)21)25-14-19-10-4-2-3-5-11(10)24-14/h2-7,20-21H,1H3. The van der Waals surface area contributed by atoms with Crippen LogP contribution >= 0.6 is 23.1 Å². The van der Waals surface area contributed by atoms with Crippen molar-refractivity contribution in [2.45, 2.75) is 21.7 Å². The lowest BCUT2D eigenvalue weighted by molar-refractivity contribution is -0.0429. The van der Waals surface area contributed by atoms with E-state index in [0.29, 0.717) is 4.34 Å². The Bertz CT molecular complexity index is 1050. The molecule has 0 saturated heterocycles. The van der Waals surface area contributed by atoms with Crippen molar-refractivity contribution in [3.63, 3.8) is 0 Å². The van der Waals surface area contributed by atoms with E-state index in [0.717, 1.165) is 34.1 Å². The van der Waals surface area contributed by atoms with Gasteiger partial charge in [-0.1, -0.05) is 23.9 Å². The first-order valence-electron chi connectivity index (χ1n) is 7.03. The highest BCUT2D eigenvalue weighted by Gasteiger charge is 2.46. The van der Waals surface area contributed by atoms with Gasteiger partial charge in [0.2, 0.25) is 0 Å². The summed E-state index contributed by atoms with van der Waals surface area (Å²) in [5.74, 6) is -0.149. The number of thiazole rings is 1. The van der Waals surface area contributed by atoms with Gasteiger partial charge in [-0.15, -0.1) is 11.3 Å². The minimum absolute atomic E-state index is 0.149. The van der Waals surface area contributed by atoms with E-state index in [4.69, 9.17) is 0 Å². The SMILES string of the molecule is Cc1cc(NS(=O)(=O)C(F)(F)F)cc(Sc2nc3ccccc3s2)c1O. The van der Waals surface area contributed by atoms with Crippen molar-refractivity contribution in [3.05, 3.63) is 42.0 Å². The number of sulfonamides is 1. The zero-order valence-electron chi connectivity index (χ0n) is 13.0. The van der Waals surface area contributed by atoms with Crippen LogP contribution in [-0.2, 0) is 10.0 Å². The molecular weight excluding hydrogens is 409 g/mol. The van der Waals surface area contributed by atoms with Crippen LogP contribution in [0.25, 0.3) is 10.2 Å². The van der Waals surface area contributed by atoms with Crippen LogP contribution in [0.1, 0.15) is 5.56 Å². The molecule has 0 radical (unpaired) electrons. The zero-order chi connectivity index (χ0) is 19.1.